The van der Waals surface area contributed by atoms with Crippen molar-refractivity contribution in [2.24, 2.45) is 0 Å². The van der Waals surface area contributed by atoms with Crippen LogP contribution in [0.1, 0.15) is 39.0 Å². The van der Waals surface area contributed by atoms with E-state index in [1.165, 1.54) is 0 Å². The number of carbonyl (C=O) groups is 2. The number of piperidine rings is 2. The zero-order valence-corrected chi connectivity index (χ0v) is 32.7. The van der Waals surface area contributed by atoms with Crippen LogP contribution in [-0.2, 0) is 14.3 Å². The van der Waals surface area contributed by atoms with Crippen LogP contribution in [-0.4, -0.2) is 113 Å². The van der Waals surface area contributed by atoms with Gasteiger partial charge in [0.15, 0.2) is 34.9 Å². The number of hydrogen-bond donors (Lipinski definition) is 4. The first kappa shape index (κ1) is 39.7. The second-order valence-corrected chi connectivity index (χ2v) is 14.7. The molecule has 0 bridgehead atoms. The molecule has 298 valence electrons. The molecular weight excluding hydrogens is 781 g/mol. The number of likely N-dealkylation sites (tertiary alicyclic amines) is 2. The first-order valence-electron chi connectivity index (χ1n) is 18.4. The van der Waals surface area contributed by atoms with Gasteiger partial charge >= 0.3 is 0 Å². The summed E-state index contributed by atoms with van der Waals surface area (Å²) in [4.78, 5) is 59.0. The van der Waals surface area contributed by atoms with Crippen LogP contribution >= 0.6 is 23.2 Å². The molecule has 2 amide bonds. The molecule has 4 N–H and O–H groups in total. The van der Waals surface area contributed by atoms with Gasteiger partial charge in [-0.05, 0) is 37.8 Å². The van der Waals surface area contributed by atoms with E-state index in [0.717, 1.165) is 55.4 Å². The molecular formula is C38H40Cl2F2N12O3. The normalized spacial score (nSPS) is 17.0. The number of nitrogens with one attached hydrogen (secondary N) is 4. The van der Waals surface area contributed by atoms with Crippen molar-refractivity contribution in [3.05, 3.63) is 71.0 Å². The fourth-order valence-electron chi connectivity index (χ4n) is 6.96. The summed E-state index contributed by atoms with van der Waals surface area (Å²) >= 11 is 12.1. The van der Waals surface area contributed by atoms with Crippen molar-refractivity contribution in [1.29, 1.82) is 0 Å². The third kappa shape index (κ3) is 9.38. The van der Waals surface area contributed by atoms with Crippen LogP contribution in [0.25, 0.3) is 44.8 Å². The van der Waals surface area contributed by atoms with Gasteiger partial charge in [0, 0.05) is 99.0 Å². The number of anilines is 2. The molecule has 8 rings (SSSR count). The van der Waals surface area contributed by atoms with E-state index in [4.69, 9.17) is 27.9 Å². The van der Waals surface area contributed by atoms with Gasteiger partial charge in [0.25, 0.3) is 0 Å². The molecule has 6 aromatic heterocycles. The van der Waals surface area contributed by atoms with E-state index in [9.17, 15) is 18.4 Å². The van der Waals surface area contributed by atoms with Gasteiger partial charge in [0.1, 0.15) is 11.3 Å². The van der Waals surface area contributed by atoms with Crippen molar-refractivity contribution in [2.75, 3.05) is 50.5 Å². The fraction of sp³-hybridized carbons (Fsp3) is 0.368. The van der Waals surface area contributed by atoms with Crippen LogP contribution < -0.4 is 10.6 Å². The van der Waals surface area contributed by atoms with Gasteiger partial charge in [-0.1, -0.05) is 23.2 Å². The average Bonchev–Trinajstić information content (AvgIpc) is 3.83. The molecule has 15 nitrogen and oxygen atoms in total. The van der Waals surface area contributed by atoms with Crippen molar-refractivity contribution >= 4 is 68.7 Å². The van der Waals surface area contributed by atoms with Gasteiger partial charge in [-0.2, -0.15) is 0 Å². The number of halogens is 4. The Balaban J connectivity index is 0.000000175. The molecule has 0 radical (unpaired) electrons. The Morgan fingerprint density at radius 1 is 0.789 bits per heavy atom. The number of H-pyrrole nitrogens is 2. The third-order valence-corrected chi connectivity index (χ3v) is 10.2. The highest BCUT2D eigenvalue weighted by Gasteiger charge is 2.26. The Labute approximate surface area is 336 Å². The van der Waals surface area contributed by atoms with Crippen LogP contribution in [0.2, 0.25) is 10.0 Å². The van der Waals surface area contributed by atoms with E-state index in [1.807, 2.05) is 0 Å². The molecule has 8 heterocycles. The smallest absolute Gasteiger partial charge is 0.224 e. The molecule has 2 aliphatic heterocycles. The third-order valence-electron chi connectivity index (χ3n) is 9.81. The Morgan fingerprint density at radius 3 is 1.77 bits per heavy atom. The number of fused-ring (bicyclic) bond motifs is 2. The second kappa shape index (κ2) is 17.7. The molecule has 0 spiro atoms. The van der Waals surface area contributed by atoms with E-state index in [0.29, 0.717) is 76.8 Å². The minimum Gasteiger partial charge on any atom is -0.384 e. The van der Waals surface area contributed by atoms with Crippen molar-refractivity contribution < 1.29 is 23.1 Å². The van der Waals surface area contributed by atoms with E-state index >= 15 is 0 Å². The summed E-state index contributed by atoms with van der Waals surface area (Å²) in [5.41, 5.74) is 2.68. The number of ether oxygens (including phenoxy) is 1. The number of aromatic amines is 2. The van der Waals surface area contributed by atoms with Crippen molar-refractivity contribution in [3.8, 4) is 22.8 Å². The molecule has 2 saturated heterocycles. The first-order valence-corrected chi connectivity index (χ1v) is 19.2. The summed E-state index contributed by atoms with van der Waals surface area (Å²) < 4.78 is 33.7. The number of hydrogen-bond acceptors (Lipinski definition) is 11. The Kier molecular flexibility index (Phi) is 12.4. The Bertz CT molecular complexity index is 2390. The van der Waals surface area contributed by atoms with Crippen molar-refractivity contribution in [1.82, 2.24) is 49.7 Å². The van der Waals surface area contributed by atoms with E-state index in [-0.39, 0.29) is 35.5 Å². The highest BCUT2D eigenvalue weighted by Crippen LogP contribution is 2.30. The molecule has 0 aliphatic carbocycles. The molecule has 2 aliphatic rings. The standard InChI is InChI=1S/C20H22ClFN6O2.C18H18ClFN6O/c1-30-6-4-17(29)28-5-2-3-13(11-28)26-20-16(22)10-25-19(27-20)15-9-24-18-14(15)7-12(21)8-23-18;1-10(27)26-4-2-3-12(9-26)24-18-15(20)8-23-17(25-18)14-7-22-16-13(14)5-11(19)6-21-16/h7-10,13H,2-6,11H2,1H3,(H,23,24)(H,25,26,27);5-8,12H,2-4,9H2,1H3,(H,21,22)(H,23,24,25)/t13-;12-/m00/s1. The van der Waals surface area contributed by atoms with E-state index in [1.54, 1.807) is 60.8 Å². The Morgan fingerprint density at radius 2 is 1.28 bits per heavy atom. The number of nitrogens with zero attached hydrogens (tertiary/aromatic N) is 8. The maximum absolute atomic E-state index is 14.4. The number of pyridine rings is 2. The van der Waals surface area contributed by atoms with Gasteiger partial charge in [-0.3, -0.25) is 9.59 Å². The second-order valence-electron chi connectivity index (χ2n) is 13.8. The molecule has 0 aromatic carbocycles. The highest BCUT2D eigenvalue weighted by molar-refractivity contribution is 6.31. The number of rotatable bonds is 9. The molecule has 2 fully saturated rings. The van der Waals surface area contributed by atoms with Gasteiger partial charge in [-0.25, -0.2) is 38.7 Å². The fourth-order valence-corrected chi connectivity index (χ4v) is 7.27. The zero-order chi connectivity index (χ0) is 40.1. The highest BCUT2D eigenvalue weighted by atomic mass is 35.5. The Hall–Kier alpha value is -5.52. The van der Waals surface area contributed by atoms with Crippen LogP contribution in [0.15, 0.2) is 49.3 Å². The lowest BCUT2D eigenvalue weighted by Crippen LogP contribution is -2.45. The number of methoxy groups -OCH3 is 1. The summed E-state index contributed by atoms with van der Waals surface area (Å²) in [6.45, 7) is 4.38. The SMILES string of the molecule is CC(=O)N1CCC[C@H](Nc2nc(-c3c[nH]c4ncc(Cl)cc34)ncc2F)C1.COCCC(=O)N1CCC[C@H](Nc2nc(-c3c[nH]c4ncc(Cl)cc34)ncc2F)C1. The van der Waals surface area contributed by atoms with Crippen molar-refractivity contribution in [2.45, 2.75) is 51.1 Å². The number of amides is 2. The van der Waals surface area contributed by atoms with E-state index < -0.39 is 11.6 Å². The quantitative estimate of drug-likeness (QED) is 0.125. The van der Waals surface area contributed by atoms with Crippen LogP contribution in [0, 0.1) is 11.6 Å². The first-order chi connectivity index (χ1) is 27.6. The topological polar surface area (TPSA) is 183 Å². The summed E-state index contributed by atoms with van der Waals surface area (Å²) in [7, 11) is 1.57. The average molecular weight is 822 g/mol. The van der Waals surface area contributed by atoms with Crippen LogP contribution in [0.4, 0.5) is 20.4 Å². The summed E-state index contributed by atoms with van der Waals surface area (Å²) in [6.07, 6.45) is 12.5. The zero-order valence-electron chi connectivity index (χ0n) is 31.2. The van der Waals surface area contributed by atoms with Crippen LogP contribution in [0.5, 0.6) is 0 Å². The van der Waals surface area contributed by atoms with E-state index in [2.05, 4.69) is 50.5 Å². The molecule has 6 aromatic rings. The predicted molar refractivity (Wildman–Crippen MR) is 213 cm³/mol. The molecule has 57 heavy (non-hydrogen) atoms. The lowest BCUT2D eigenvalue weighted by molar-refractivity contribution is -0.133. The number of aromatic nitrogens is 8. The van der Waals surface area contributed by atoms with Crippen LogP contribution in [0.3, 0.4) is 0 Å². The maximum Gasteiger partial charge on any atom is 0.224 e. The van der Waals surface area contributed by atoms with Crippen molar-refractivity contribution in [3.63, 3.8) is 0 Å². The summed E-state index contributed by atoms with van der Waals surface area (Å²) in [5.74, 6) is -0.0528. The maximum atomic E-state index is 14.4. The summed E-state index contributed by atoms with van der Waals surface area (Å²) in [5, 5.41) is 8.78. The molecule has 19 heteroatoms. The molecule has 2 atom stereocenters. The monoisotopic (exact) mass is 820 g/mol. The van der Waals surface area contributed by atoms with Gasteiger partial charge in [0.05, 0.1) is 35.5 Å². The van der Waals surface area contributed by atoms with Gasteiger partial charge in [0.2, 0.25) is 11.8 Å². The van der Waals surface area contributed by atoms with Gasteiger partial charge in [-0.15, -0.1) is 0 Å². The lowest BCUT2D eigenvalue weighted by Gasteiger charge is -2.33. The molecule has 0 saturated carbocycles. The predicted octanol–water partition coefficient (Wildman–Crippen LogP) is 6.49. The number of carbonyl (C=O) groups excluding carboxylic acids is 2. The lowest BCUT2D eigenvalue weighted by atomic mass is 10.1. The largest absolute Gasteiger partial charge is 0.384 e. The summed E-state index contributed by atoms with van der Waals surface area (Å²) in [6, 6.07) is 3.38. The van der Waals surface area contributed by atoms with Gasteiger partial charge < -0.3 is 35.1 Å². The molecule has 0 unspecified atom stereocenters. The minimum atomic E-state index is -0.544. The minimum absolute atomic E-state index is 0.0218.